The van der Waals surface area contributed by atoms with Gasteiger partial charge in [0.05, 0.1) is 5.69 Å². The van der Waals surface area contributed by atoms with Crippen LogP contribution in [0.25, 0.3) is 0 Å². The molecule has 0 unspecified atom stereocenters. The maximum Gasteiger partial charge on any atom is 0.346 e. The first-order valence-corrected chi connectivity index (χ1v) is 7.36. The Balaban J connectivity index is 1.75. The fourth-order valence-corrected chi connectivity index (χ4v) is 2.25. The summed E-state index contributed by atoms with van der Waals surface area (Å²) in [7, 11) is 0. The Morgan fingerprint density at radius 3 is 2.39 bits per heavy atom. The standard InChI is InChI=1S/C18H17N3O2/c1-14(23-16-10-6-3-7-11-16)17-12-13-19-21(17)18(22)20-15-8-4-2-5-9-15/h2-14H,1H3,(H,20,22)/t14-/m1/s1. The van der Waals surface area contributed by atoms with Crippen LogP contribution in [0, 0.1) is 0 Å². The van der Waals surface area contributed by atoms with Crippen molar-refractivity contribution in [2.24, 2.45) is 0 Å². The van der Waals surface area contributed by atoms with Gasteiger partial charge in [-0.1, -0.05) is 36.4 Å². The van der Waals surface area contributed by atoms with Gasteiger partial charge in [0, 0.05) is 11.9 Å². The van der Waals surface area contributed by atoms with Crippen molar-refractivity contribution in [2.45, 2.75) is 13.0 Å². The van der Waals surface area contributed by atoms with E-state index in [9.17, 15) is 4.79 Å². The highest BCUT2D eigenvalue weighted by atomic mass is 16.5. The number of aromatic nitrogens is 2. The monoisotopic (exact) mass is 307 g/mol. The van der Waals surface area contributed by atoms with E-state index in [0.717, 1.165) is 11.4 Å². The fraction of sp³-hybridized carbons (Fsp3) is 0.111. The Morgan fingerprint density at radius 2 is 1.70 bits per heavy atom. The molecule has 23 heavy (non-hydrogen) atoms. The summed E-state index contributed by atoms with van der Waals surface area (Å²) >= 11 is 0. The Morgan fingerprint density at radius 1 is 1.04 bits per heavy atom. The molecule has 3 rings (SSSR count). The minimum atomic E-state index is -0.320. The maximum atomic E-state index is 12.4. The molecule has 1 amide bonds. The zero-order chi connectivity index (χ0) is 16.1. The van der Waals surface area contributed by atoms with E-state index in [1.54, 1.807) is 12.3 Å². The van der Waals surface area contributed by atoms with Crippen molar-refractivity contribution in [3.8, 4) is 5.75 Å². The third kappa shape index (κ3) is 3.58. The largest absolute Gasteiger partial charge is 0.484 e. The number of carbonyl (C=O) groups excluding carboxylic acids is 1. The number of carbonyl (C=O) groups is 1. The fourth-order valence-electron chi connectivity index (χ4n) is 2.25. The summed E-state index contributed by atoms with van der Waals surface area (Å²) in [6.45, 7) is 1.89. The number of benzene rings is 2. The molecule has 0 saturated carbocycles. The minimum absolute atomic E-state index is 0.304. The smallest absolute Gasteiger partial charge is 0.346 e. The summed E-state index contributed by atoms with van der Waals surface area (Å²) < 4.78 is 7.18. The van der Waals surface area contributed by atoms with Gasteiger partial charge in [-0.05, 0) is 37.3 Å². The van der Waals surface area contributed by atoms with E-state index in [4.69, 9.17) is 4.74 Å². The molecule has 116 valence electrons. The molecule has 0 aliphatic rings. The molecule has 3 aromatic rings. The molecule has 0 aliphatic heterocycles. The molecule has 0 bridgehead atoms. The molecule has 2 aromatic carbocycles. The van der Waals surface area contributed by atoms with E-state index in [2.05, 4.69) is 10.4 Å². The van der Waals surface area contributed by atoms with E-state index in [1.165, 1.54) is 4.68 Å². The van der Waals surface area contributed by atoms with Crippen LogP contribution in [0.3, 0.4) is 0 Å². The quantitative estimate of drug-likeness (QED) is 0.789. The van der Waals surface area contributed by atoms with Gasteiger partial charge < -0.3 is 10.1 Å². The minimum Gasteiger partial charge on any atom is -0.484 e. The molecule has 0 spiro atoms. The molecule has 0 fully saturated rings. The molecule has 0 saturated heterocycles. The van der Waals surface area contributed by atoms with Gasteiger partial charge >= 0.3 is 6.03 Å². The van der Waals surface area contributed by atoms with Crippen LogP contribution in [0.4, 0.5) is 10.5 Å². The molecule has 1 heterocycles. The second-order valence-corrected chi connectivity index (χ2v) is 5.04. The predicted molar refractivity (Wildman–Crippen MR) is 88.6 cm³/mol. The molecular weight excluding hydrogens is 290 g/mol. The number of hydrogen-bond donors (Lipinski definition) is 1. The van der Waals surface area contributed by atoms with Gasteiger partial charge in [-0.25, -0.2) is 4.79 Å². The van der Waals surface area contributed by atoms with Crippen LogP contribution in [-0.2, 0) is 0 Å². The summed E-state index contributed by atoms with van der Waals surface area (Å²) in [5.74, 6) is 0.746. The Hall–Kier alpha value is -3.08. The first-order chi connectivity index (χ1) is 11.2. The normalized spacial score (nSPS) is 11.7. The number of rotatable bonds is 4. The van der Waals surface area contributed by atoms with Gasteiger partial charge in [0.2, 0.25) is 0 Å². The molecule has 5 nitrogen and oxygen atoms in total. The Kier molecular flexibility index (Phi) is 4.38. The summed E-state index contributed by atoms with van der Waals surface area (Å²) in [6.07, 6.45) is 1.28. The van der Waals surface area contributed by atoms with Gasteiger partial charge in [-0.15, -0.1) is 0 Å². The van der Waals surface area contributed by atoms with Crippen molar-refractivity contribution >= 4 is 11.7 Å². The number of nitrogens with one attached hydrogen (secondary N) is 1. The van der Waals surface area contributed by atoms with Crippen LogP contribution in [-0.4, -0.2) is 15.8 Å². The number of anilines is 1. The molecule has 1 atom stereocenters. The van der Waals surface area contributed by atoms with Crippen molar-refractivity contribution in [2.75, 3.05) is 5.32 Å². The third-order valence-corrected chi connectivity index (χ3v) is 3.36. The van der Waals surface area contributed by atoms with Gasteiger partial charge in [0.25, 0.3) is 0 Å². The van der Waals surface area contributed by atoms with Crippen molar-refractivity contribution < 1.29 is 9.53 Å². The lowest BCUT2D eigenvalue weighted by Gasteiger charge is -2.16. The number of amides is 1. The van der Waals surface area contributed by atoms with E-state index in [0.29, 0.717) is 5.69 Å². The third-order valence-electron chi connectivity index (χ3n) is 3.36. The highest BCUT2D eigenvalue weighted by molar-refractivity contribution is 5.90. The molecular formula is C18H17N3O2. The van der Waals surface area contributed by atoms with Crippen molar-refractivity contribution in [1.29, 1.82) is 0 Å². The molecule has 0 radical (unpaired) electrons. The lowest BCUT2D eigenvalue weighted by molar-refractivity contribution is 0.212. The zero-order valence-electron chi connectivity index (χ0n) is 12.7. The van der Waals surface area contributed by atoms with Gasteiger partial charge in [-0.2, -0.15) is 9.78 Å². The van der Waals surface area contributed by atoms with Crippen LogP contribution in [0.1, 0.15) is 18.7 Å². The second-order valence-electron chi connectivity index (χ2n) is 5.04. The highest BCUT2D eigenvalue weighted by Crippen LogP contribution is 2.21. The van der Waals surface area contributed by atoms with Crippen LogP contribution >= 0.6 is 0 Å². The van der Waals surface area contributed by atoms with Gasteiger partial charge in [0.15, 0.2) is 0 Å². The second kappa shape index (κ2) is 6.79. The molecule has 5 heteroatoms. The average Bonchev–Trinajstić information content (AvgIpc) is 3.06. The molecule has 1 aromatic heterocycles. The van der Waals surface area contributed by atoms with Crippen molar-refractivity contribution in [3.05, 3.63) is 78.6 Å². The topological polar surface area (TPSA) is 56.2 Å². The van der Waals surface area contributed by atoms with Crippen LogP contribution in [0.5, 0.6) is 5.75 Å². The molecule has 1 N–H and O–H groups in total. The van der Waals surface area contributed by atoms with E-state index in [1.807, 2.05) is 67.6 Å². The summed E-state index contributed by atoms with van der Waals surface area (Å²) in [5.41, 5.74) is 1.40. The van der Waals surface area contributed by atoms with Gasteiger partial charge in [0.1, 0.15) is 11.9 Å². The highest BCUT2D eigenvalue weighted by Gasteiger charge is 2.17. The number of nitrogens with zero attached hydrogens (tertiary/aromatic N) is 2. The lowest BCUT2D eigenvalue weighted by atomic mass is 10.2. The van der Waals surface area contributed by atoms with Crippen LogP contribution in [0.15, 0.2) is 72.9 Å². The van der Waals surface area contributed by atoms with E-state index in [-0.39, 0.29) is 12.1 Å². The number of hydrogen-bond acceptors (Lipinski definition) is 3. The predicted octanol–water partition coefficient (Wildman–Crippen LogP) is 4.10. The van der Waals surface area contributed by atoms with Gasteiger partial charge in [-0.3, -0.25) is 0 Å². The molecule has 0 aliphatic carbocycles. The summed E-state index contributed by atoms with van der Waals surface area (Å²) in [4.78, 5) is 12.4. The van der Waals surface area contributed by atoms with E-state index < -0.39 is 0 Å². The zero-order valence-corrected chi connectivity index (χ0v) is 12.7. The van der Waals surface area contributed by atoms with E-state index >= 15 is 0 Å². The van der Waals surface area contributed by atoms with Crippen molar-refractivity contribution in [1.82, 2.24) is 9.78 Å². The van der Waals surface area contributed by atoms with Crippen LogP contribution < -0.4 is 10.1 Å². The van der Waals surface area contributed by atoms with Crippen molar-refractivity contribution in [3.63, 3.8) is 0 Å². The first-order valence-electron chi connectivity index (χ1n) is 7.36. The summed E-state index contributed by atoms with van der Waals surface area (Å²) in [6, 6.07) is 20.2. The lowest BCUT2D eigenvalue weighted by Crippen LogP contribution is -2.24. The first kappa shape index (κ1) is 14.8. The number of para-hydroxylation sites is 2. The average molecular weight is 307 g/mol. The Labute approximate surface area is 134 Å². The SMILES string of the molecule is C[C@@H](Oc1ccccc1)c1ccnn1C(=O)Nc1ccccc1. The summed E-state index contributed by atoms with van der Waals surface area (Å²) in [5, 5.41) is 6.91. The van der Waals surface area contributed by atoms with Crippen LogP contribution in [0.2, 0.25) is 0 Å². The Bertz CT molecular complexity index is 769. The maximum absolute atomic E-state index is 12.4. The number of ether oxygens (including phenoxy) is 1.